The zero-order chi connectivity index (χ0) is 12.4. The fourth-order valence-corrected chi connectivity index (χ4v) is 3.38. The molecule has 0 saturated carbocycles. The van der Waals surface area contributed by atoms with Gasteiger partial charge in [-0.1, -0.05) is 6.08 Å². The highest BCUT2D eigenvalue weighted by atomic mass is 28.4. The van der Waals surface area contributed by atoms with Crippen molar-refractivity contribution in [3.63, 3.8) is 0 Å². The highest BCUT2D eigenvalue weighted by Crippen LogP contribution is 2.13. The summed E-state index contributed by atoms with van der Waals surface area (Å²) in [7, 11) is -2.14. The lowest BCUT2D eigenvalue weighted by Crippen LogP contribution is -2.40. The maximum Gasteiger partial charge on any atom is 0.338 e. The van der Waals surface area contributed by atoms with Crippen LogP contribution in [0.25, 0.3) is 0 Å². The summed E-state index contributed by atoms with van der Waals surface area (Å²) in [4.78, 5) is 11.1. The van der Waals surface area contributed by atoms with Crippen molar-refractivity contribution in [2.24, 2.45) is 0 Å². The molecule has 0 N–H and O–H groups in total. The SMILES string of the molecule is CC=CC(=O)OCC[Si](C)(OCC)OCC. The molecule has 0 radical (unpaired) electrons. The van der Waals surface area contributed by atoms with Crippen LogP contribution in [0.15, 0.2) is 12.2 Å². The summed E-state index contributed by atoms with van der Waals surface area (Å²) in [5, 5.41) is 0. The molecule has 0 aromatic carbocycles. The van der Waals surface area contributed by atoms with Gasteiger partial charge >= 0.3 is 14.5 Å². The molecule has 0 rings (SSSR count). The molecule has 0 aliphatic rings. The lowest BCUT2D eigenvalue weighted by molar-refractivity contribution is -0.137. The minimum Gasteiger partial charge on any atom is -0.463 e. The van der Waals surface area contributed by atoms with Gasteiger partial charge in [0.15, 0.2) is 0 Å². The quantitative estimate of drug-likeness (QED) is 0.374. The van der Waals surface area contributed by atoms with E-state index in [2.05, 4.69) is 0 Å². The topological polar surface area (TPSA) is 44.8 Å². The van der Waals surface area contributed by atoms with Gasteiger partial charge in [-0.2, -0.15) is 0 Å². The minimum atomic E-state index is -2.14. The molecule has 0 atom stereocenters. The zero-order valence-electron chi connectivity index (χ0n) is 10.6. The van der Waals surface area contributed by atoms with Crippen LogP contribution < -0.4 is 0 Å². The van der Waals surface area contributed by atoms with Crippen LogP contribution in [0.1, 0.15) is 20.8 Å². The van der Waals surface area contributed by atoms with Crippen molar-refractivity contribution in [2.75, 3.05) is 19.8 Å². The number of esters is 1. The first kappa shape index (κ1) is 15.3. The van der Waals surface area contributed by atoms with Crippen LogP contribution in [0.5, 0.6) is 0 Å². The average Bonchev–Trinajstić information content (AvgIpc) is 2.18. The Kier molecular flexibility index (Phi) is 8.15. The fraction of sp³-hybridized carbons (Fsp3) is 0.727. The standard InChI is InChI=1S/C11H22O4Si/c1-5-8-11(12)13-9-10-16(4,14-6-2)15-7-3/h5,8H,6-7,9-10H2,1-4H3. The van der Waals surface area contributed by atoms with Gasteiger partial charge in [0.05, 0.1) is 6.61 Å². The van der Waals surface area contributed by atoms with E-state index in [1.807, 2.05) is 20.4 Å². The second kappa shape index (κ2) is 8.49. The van der Waals surface area contributed by atoms with E-state index in [9.17, 15) is 4.79 Å². The Morgan fingerprint density at radius 3 is 2.25 bits per heavy atom. The Morgan fingerprint density at radius 1 is 1.25 bits per heavy atom. The van der Waals surface area contributed by atoms with Crippen molar-refractivity contribution in [2.45, 2.75) is 33.4 Å². The summed E-state index contributed by atoms with van der Waals surface area (Å²) >= 11 is 0. The largest absolute Gasteiger partial charge is 0.463 e. The maximum atomic E-state index is 11.1. The van der Waals surface area contributed by atoms with E-state index in [0.717, 1.165) is 0 Å². The summed E-state index contributed by atoms with van der Waals surface area (Å²) in [6.45, 7) is 9.26. The molecule has 4 nitrogen and oxygen atoms in total. The van der Waals surface area contributed by atoms with Crippen molar-refractivity contribution in [1.29, 1.82) is 0 Å². The average molecular weight is 246 g/mol. The molecule has 0 aliphatic heterocycles. The van der Waals surface area contributed by atoms with Gasteiger partial charge in [-0.25, -0.2) is 4.79 Å². The van der Waals surface area contributed by atoms with Gasteiger partial charge in [0.25, 0.3) is 0 Å². The van der Waals surface area contributed by atoms with Crippen molar-refractivity contribution in [1.82, 2.24) is 0 Å². The zero-order valence-corrected chi connectivity index (χ0v) is 11.6. The summed E-state index contributed by atoms with van der Waals surface area (Å²) in [6.07, 6.45) is 3.06. The van der Waals surface area contributed by atoms with Gasteiger partial charge in [0, 0.05) is 25.3 Å². The number of hydrogen-bond acceptors (Lipinski definition) is 4. The van der Waals surface area contributed by atoms with E-state index in [1.165, 1.54) is 6.08 Å². The first-order valence-corrected chi connectivity index (χ1v) is 8.17. The lowest BCUT2D eigenvalue weighted by Gasteiger charge is -2.25. The maximum absolute atomic E-state index is 11.1. The third-order valence-electron chi connectivity index (χ3n) is 2.00. The van der Waals surface area contributed by atoms with E-state index in [-0.39, 0.29) is 5.97 Å². The van der Waals surface area contributed by atoms with Crippen molar-refractivity contribution in [3.8, 4) is 0 Å². The van der Waals surface area contributed by atoms with E-state index >= 15 is 0 Å². The number of carbonyl (C=O) groups is 1. The van der Waals surface area contributed by atoms with E-state index in [4.69, 9.17) is 13.6 Å². The molecule has 0 aromatic heterocycles. The molecule has 0 aromatic rings. The smallest absolute Gasteiger partial charge is 0.338 e. The highest BCUT2D eigenvalue weighted by molar-refractivity contribution is 6.66. The van der Waals surface area contributed by atoms with Crippen LogP contribution in [0.4, 0.5) is 0 Å². The molecule has 0 saturated heterocycles. The monoisotopic (exact) mass is 246 g/mol. The first-order valence-electron chi connectivity index (χ1n) is 5.65. The predicted molar refractivity (Wildman–Crippen MR) is 65.5 cm³/mol. The second-order valence-electron chi connectivity index (χ2n) is 3.42. The molecule has 0 aliphatic carbocycles. The highest BCUT2D eigenvalue weighted by Gasteiger charge is 2.30. The number of ether oxygens (including phenoxy) is 1. The lowest BCUT2D eigenvalue weighted by atomic mass is 10.5. The van der Waals surface area contributed by atoms with Gasteiger partial charge in [0.1, 0.15) is 0 Å². The molecule has 0 bridgehead atoms. The summed E-state index contributed by atoms with van der Waals surface area (Å²) in [6, 6.07) is 0.665. The third kappa shape index (κ3) is 6.76. The van der Waals surface area contributed by atoms with Gasteiger partial charge in [-0.3, -0.25) is 0 Å². The van der Waals surface area contributed by atoms with Gasteiger partial charge in [0.2, 0.25) is 0 Å². The molecule has 0 heterocycles. The van der Waals surface area contributed by atoms with Gasteiger partial charge < -0.3 is 13.6 Å². The number of rotatable bonds is 8. The molecule has 94 valence electrons. The summed E-state index contributed by atoms with van der Waals surface area (Å²) < 4.78 is 16.3. The van der Waals surface area contributed by atoms with E-state index in [1.54, 1.807) is 13.0 Å². The molecule has 0 spiro atoms. The predicted octanol–water partition coefficient (Wildman–Crippen LogP) is 2.25. The van der Waals surface area contributed by atoms with Crippen molar-refractivity contribution in [3.05, 3.63) is 12.2 Å². The first-order chi connectivity index (χ1) is 7.58. The minimum absolute atomic E-state index is 0.313. The Labute approximate surface area is 98.8 Å². The number of allylic oxidation sites excluding steroid dienone is 1. The molecule has 0 fully saturated rings. The molecular formula is C11H22O4Si. The molecule has 16 heavy (non-hydrogen) atoms. The van der Waals surface area contributed by atoms with Gasteiger partial charge in [-0.05, 0) is 27.3 Å². The van der Waals surface area contributed by atoms with Crippen LogP contribution in [0.3, 0.4) is 0 Å². The van der Waals surface area contributed by atoms with Crippen LogP contribution in [0.2, 0.25) is 12.6 Å². The van der Waals surface area contributed by atoms with E-state index in [0.29, 0.717) is 25.9 Å². The van der Waals surface area contributed by atoms with Crippen LogP contribution >= 0.6 is 0 Å². The Balaban J connectivity index is 3.97. The molecule has 5 heteroatoms. The van der Waals surface area contributed by atoms with Crippen LogP contribution in [-0.4, -0.2) is 34.4 Å². The fourth-order valence-electron chi connectivity index (χ4n) is 1.32. The second-order valence-corrected chi connectivity index (χ2v) is 6.76. The van der Waals surface area contributed by atoms with Gasteiger partial charge in [-0.15, -0.1) is 0 Å². The number of carbonyl (C=O) groups excluding carboxylic acids is 1. The number of hydrogen-bond donors (Lipinski definition) is 0. The van der Waals surface area contributed by atoms with Crippen LogP contribution in [-0.2, 0) is 18.4 Å². The van der Waals surface area contributed by atoms with Crippen molar-refractivity contribution >= 4 is 14.5 Å². The van der Waals surface area contributed by atoms with E-state index < -0.39 is 8.56 Å². The normalized spacial score (nSPS) is 12.0. The summed E-state index contributed by atoms with van der Waals surface area (Å²) in [5.41, 5.74) is 0. The third-order valence-corrected chi connectivity index (χ3v) is 4.91. The summed E-state index contributed by atoms with van der Waals surface area (Å²) in [5.74, 6) is -0.313. The molecular weight excluding hydrogens is 224 g/mol. The Morgan fingerprint density at radius 2 is 1.81 bits per heavy atom. The molecule has 0 amide bonds. The Hall–Kier alpha value is -0.653. The van der Waals surface area contributed by atoms with Crippen molar-refractivity contribution < 1.29 is 18.4 Å². The molecule has 0 unspecified atom stereocenters. The van der Waals surface area contributed by atoms with Crippen LogP contribution in [0, 0.1) is 0 Å². The Bertz CT molecular complexity index is 222.